The van der Waals surface area contributed by atoms with Gasteiger partial charge < -0.3 is 5.73 Å². The van der Waals surface area contributed by atoms with Crippen molar-refractivity contribution in [2.45, 2.75) is 0 Å². The number of benzene rings is 3. The van der Waals surface area contributed by atoms with Gasteiger partial charge in [-0.25, -0.2) is 0 Å². The SMILES string of the molecule is Nc1ccc(-c2ccccc2)cc1.c1ccccc1. The summed E-state index contributed by atoms with van der Waals surface area (Å²) in [6.45, 7) is 0. The van der Waals surface area contributed by atoms with Crippen molar-refractivity contribution in [2.24, 2.45) is 0 Å². The highest BCUT2D eigenvalue weighted by Gasteiger charge is 1.94. The summed E-state index contributed by atoms with van der Waals surface area (Å²) in [6, 6.07) is 30.2. The highest BCUT2D eigenvalue weighted by Crippen LogP contribution is 2.19. The molecule has 2 N–H and O–H groups in total. The van der Waals surface area contributed by atoms with Gasteiger partial charge in [-0.1, -0.05) is 78.9 Å². The van der Waals surface area contributed by atoms with Gasteiger partial charge in [0.2, 0.25) is 0 Å². The van der Waals surface area contributed by atoms with E-state index >= 15 is 0 Å². The summed E-state index contributed by atoms with van der Waals surface area (Å²) in [5, 5.41) is 0. The highest BCUT2D eigenvalue weighted by atomic mass is 14.5. The minimum Gasteiger partial charge on any atom is -0.399 e. The van der Waals surface area contributed by atoms with Gasteiger partial charge in [0.05, 0.1) is 0 Å². The van der Waals surface area contributed by atoms with Crippen LogP contribution in [0.15, 0.2) is 91.0 Å². The molecule has 19 heavy (non-hydrogen) atoms. The lowest BCUT2D eigenvalue weighted by molar-refractivity contribution is 1.61. The van der Waals surface area contributed by atoms with E-state index in [4.69, 9.17) is 5.73 Å². The molecular formula is C18H17N. The zero-order valence-corrected chi connectivity index (χ0v) is 10.7. The lowest BCUT2D eigenvalue weighted by Crippen LogP contribution is -1.83. The molecule has 0 aliphatic rings. The molecule has 3 aromatic rings. The number of hydrogen-bond acceptors (Lipinski definition) is 1. The fourth-order valence-electron chi connectivity index (χ4n) is 1.69. The molecule has 3 rings (SSSR count). The van der Waals surface area contributed by atoms with Gasteiger partial charge in [-0.3, -0.25) is 0 Å². The summed E-state index contributed by atoms with van der Waals surface area (Å²) >= 11 is 0. The van der Waals surface area contributed by atoms with E-state index in [2.05, 4.69) is 12.1 Å². The zero-order chi connectivity index (χ0) is 13.3. The predicted octanol–water partition coefficient (Wildman–Crippen LogP) is 4.62. The van der Waals surface area contributed by atoms with Crippen molar-refractivity contribution in [2.75, 3.05) is 5.73 Å². The molecule has 0 heterocycles. The summed E-state index contributed by atoms with van der Waals surface area (Å²) in [4.78, 5) is 0. The summed E-state index contributed by atoms with van der Waals surface area (Å²) in [6.07, 6.45) is 0. The Morgan fingerprint density at radius 3 is 1.26 bits per heavy atom. The van der Waals surface area contributed by atoms with Crippen LogP contribution in [-0.4, -0.2) is 0 Å². The van der Waals surface area contributed by atoms with Crippen LogP contribution in [0.1, 0.15) is 0 Å². The molecule has 0 radical (unpaired) electrons. The van der Waals surface area contributed by atoms with E-state index in [-0.39, 0.29) is 0 Å². The van der Waals surface area contributed by atoms with Crippen LogP contribution in [0.2, 0.25) is 0 Å². The molecule has 0 saturated heterocycles. The second kappa shape index (κ2) is 7.02. The molecule has 1 heteroatoms. The minimum atomic E-state index is 0.805. The first-order valence-corrected chi connectivity index (χ1v) is 6.27. The van der Waals surface area contributed by atoms with Crippen LogP contribution < -0.4 is 5.73 Å². The van der Waals surface area contributed by atoms with Crippen LogP contribution in [0.4, 0.5) is 5.69 Å². The molecule has 0 aliphatic heterocycles. The maximum atomic E-state index is 5.60. The van der Waals surface area contributed by atoms with E-state index in [1.54, 1.807) is 0 Å². The normalized spacial score (nSPS) is 9.26. The van der Waals surface area contributed by atoms with Gasteiger partial charge in [-0.05, 0) is 23.3 Å². The Kier molecular flexibility index (Phi) is 4.77. The van der Waals surface area contributed by atoms with E-state index < -0.39 is 0 Å². The molecule has 3 aromatic carbocycles. The molecule has 0 bridgehead atoms. The van der Waals surface area contributed by atoms with Crippen LogP contribution >= 0.6 is 0 Å². The van der Waals surface area contributed by atoms with Crippen LogP contribution in [-0.2, 0) is 0 Å². The van der Waals surface area contributed by atoms with Gasteiger partial charge >= 0.3 is 0 Å². The Bertz CT molecular complexity index is 544. The molecule has 0 saturated carbocycles. The van der Waals surface area contributed by atoms with Gasteiger partial charge in [0, 0.05) is 5.69 Å². The summed E-state index contributed by atoms with van der Waals surface area (Å²) in [7, 11) is 0. The summed E-state index contributed by atoms with van der Waals surface area (Å²) in [5.41, 5.74) is 8.84. The smallest absolute Gasteiger partial charge is 0.0314 e. The summed E-state index contributed by atoms with van der Waals surface area (Å²) in [5.74, 6) is 0. The van der Waals surface area contributed by atoms with Crippen LogP contribution in [0, 0.1) is 0 Å². The Hall–Kier alpha value is -2.54. The molecule has 1 nitrogen and oxygen atoms in total. The van der Waals surface area contributed by atoms with Crippen molar-refractivity contribution >= 4 is 5.69 Å². The van der Waals surface area contributed by atoms with Crippen molar-refractivity contribution in [1.82, 2.24) is 0 Å². The van der Waals surface area contributed by atoms with Crippen molar-refractivity contribution in [3.8, 4) is 11.1 Å². The number of anilines is 1. The number of nitrogens with two attached hydrogens (primary N) is 1. The van der Waals surface area contributed by atoms with E-state index in [0.29, 0.717) is 0 Å². The van der Waals surface area contributed by atoms with E-state index in [0.717, 1.165) is 5.69 Å². The Morgan fingerprint density at radius 1 is 0.421 bits per heavy atom. The number of rotatable bonds is 1. The summed E-state index contributed by atoms with van der Waals surface area (Å²) < 4.78 is 0. The average molecular weight is 247 g/mol. The molecule has 0 amide bonds. The molecule has 0 spiro atoms. The van der Waals surface area contributed by atoms with Gasteiger partial charge in [0.1, 0.15) is 0 Å². The molecule has 0 atom stereocenters. The van der Waals surface area contributed by atoms with E-state index in [1.807, 2.05) is 78.9 Å². The van der Waals surface area contributed by atoms with E-state index in [9.17, 15) is 0 Å². The minimum absolute atomic E-state index is 0.805. The molecule has 0 aromatic heterocycles. The molecule has 0 fully saturated rings. The maximum Gasteiger partial charge on any atom is 0.0314 e. The van der Waals surface area contributed by atoms with Gasteiger partial charge in [-0.15, -0.1) is 0 Å². The highest BCUT2D eigenvalue weighted by molar-refractivity contribution is 5.65. The standard InChI is InChI=1S/C12H11N.C6H6/c13-12-8-6-11(7-9-12)10-4-2-1-3-5-10;1-2-4-6-5-3-1/h1-9H,13H2;1-6H. The quantitative estimate of drug-likeness (QED) is 0.624. The third kappa shape index (κ3) is 4.32. The maximum absolute atomic E-state index is 5.60. The Balaban J connectivity index is 0.000000186. The van der Waals surface area contributed by atoms with Crippen molar-refractivity contribution < 1.29 is 0 Å². The number of hydrogen-bond donors (Lipinski definition) is 1. The van der Waals surface area contributed by atoms with Crippen molar-refractivity contribution in [1.29, 1.82) is 0 Å². The monoisotopic (exact) mass is 247 g/mol. The fraction of sp³-hybridized carbons (Fsp3) is 0. The van der Waals surface area contributed by atoms with Crippen LogP contribution in [0.25, 0.3) is 11.1 Å². The van der Waals surface area contributed by atoms with Crippen molar-refractivity contribution in [3.63, 3.8) is 0 Å². The zero-order valence-electron chi connectivity index (χ0n) is 10.7. The molecule has 0 aliphatic carbocycles. The first kappa shape index (κ1) is 12.9. The largest absolute Gasteiger partial charge is 0.399 e. The topological polar surface area (TPSA) is 26.0 Å². The lowest BCUT2D eigenvalue weighted by atomic mass is 10.1. The third-order valence-corrected chi connectivity index (χ3v) is 2.68. The van der Waals surface area contributed by atoms with Crippen LogP contribution in [0.5, 0.6) is 0 Å². The second-order valence-corrected chi connectivity index (χ2v) is 4.14. The van der Waals surface area contributed by atoms with Crippen molar-refractivity contribution in [3.05, 3.63) is 91.0 Å². The molecule has 94 valence electrons. The van der Waals surface area contributed by atoms with Crippen LogP contribution in [0.3, 0.4) is 0 Å². The van der Waals surface area contributed by atoms with Gasteiger partial charge in [0.15, 0.2) is 0 Å². The first-order valence-electron chi connectivity index (χ1n) is 6.27. The third-order valence-electron chi connectivity index (χ3n) is 2.68. The van der Waals surface area contributed by atoms with E-state index in [1.165, 1.54) is 11.1 Å². The molecule has 0 unspecified atom stereocenters. The Labute approximate surface area is 114 Å². The molecular weight excluding hydrogens is 230 g/mol. The van der Waals surface area contributed by atoms with Gasteiger partial charge in [0.25, 0.3) is 0 Å². The average Bonchev–Trinajstić information content (AvgIpc) is 2.51. The Morgan fingerprint density at radius 2 is 0.789 bits per heavy atom. The number of nitrogen functional groups attached to an aromatic ring is 1. The fourth-order valence-corrected chi connectivity index (χ4v) is 1.69. The lowest BCUT2D eigenvalue weighted by Gasteiger charge is -2.00. The predicted molar refractivity (Wildman–Crippen MR) is 82.7 cm³/mol. The van der Waals surface area contributed by atoms with Gasteiger partial charge in [-0.2, -0.15) is 0 Å². The first-order chi connectivity index (χ1) is 9.36. The second-order valence-electron chi connectivity index (χ2n) is 4.14.